The van der Waals surface area contributed by atoms with Crippen molar-refractivity contribution in [3.8, 4) is 16.6 Å². The van der Waals surface area contributed by atoms with Gasteiger partial charge >= 0.3 is 12.2 Å². The van der Waals surface area contributed by atoms with Gasteiger partial charge in [0.1, 0.15) is 17.5 Å². The van der Waals surface area contributed by atoms with Crippen molar-refractivity contribution in [1.29, 1.82) is 0 Å². The molecule has 1 amide bonds. The molecule has 0 bridgehead atoms. The number of aryl methyl sites for hydroxylation is 1. The second-order valence-corrected chi connectivity index (χ2v) is 7.82. The number of rotatable bonds is 4. The average molecular weight is 437 g/mol. The zero-order chi connectivity index (χ0) is 21.3. The number of ether oxygens (including phenoxy) is 1. The molecule has 0 N–H and O–H groups in total. The molecule has 158 valence electrons. The fourth-order valence-electron chi connectivity index (χ4n) is 3.30. The molecule has 4 heterocycles. The third-order valence-corrected chi connectivity index (χ3v) is 5.63. The van der Waals surface area contributed by atoms with Gasteiger partial charge in [0.25, 0.3) is 5.91 Å². The molecule has 3 aromatic rings. The SMILES string of the molecule is Cn1nc(-c2cccs2)cc1C(=O)N1CCCC(Oc2nccc(C(F)(F)F)n2)C1. The minimum Gasteiger partial charge on any atom is -0.458 e. The van der Waals surface area contributed by atoms with Crippen LogP contribution in [0.4, 0.5) is 13.2 Å². The number of carbonyl (C=O) groups excluding carboxylic acids is 1. The highest BCUT2D eigenvalue weighted by molar-refractivity contribution is 7.13. The predicted octanol–water partition coefficient (Wildman–Crippen LogP) is 3.64. The van der Waals surface area contributed by atoms with Crippen molar-refractivity contribution in [3.63, 3.8) is 0 Å². The first-order valence-corrected chi connectivity index (χ1v) is 10.1. The highest BCUT2D eigenvalue weighted by Gasteiger charge is 2.34. The number of likely N-dealkylation sites (tertiary alicyclic amines) is 1. The van der Waals surface area contributed by atoms with E-state index in [9.17, 15) is 18.0 Å². The molecule has 7 nitrogen and oxygen atoms in total. The van der Waals surface area contributed by atoms with Gasteiger partial charge in [-0.15, -0.1) is 11.3 Å². The standard InChI is InChI=1S/C19H18F3N5O2S/c1-26-14(10-13(25-26)15-5-3-9-30-15)17(28)27-8-2-4-12(11-27)29-18-23-7-6-16(24-18)19(20,21)22/h3,5-7,9-10,12H,2,4,8,11H2,1H3. The van der Waals surface area contributed by atoms with Crippen LogP contribution in [0.3, 0.4) is 0 Å². The number of hydrogen-bond acceptors (Lipinski definition) is 6. The molecule has 1 aliphatic heterocycles. The molecule has 3 aromatic heterocycles. The van der Waals surface area contributed by atoms with Crippen molar-refractivity contribution in [3.05, 3.63) is 47.2 Å². The Labute approximate surface area is 174 Å². The highest BCUT2D eigenvalue weighted by Crippen LogP contribution is 2.29. The van der Waals surface area contributed by atoms with E-state index in [2.05, 4.69) is 15.1 Å². The molecule has 1 atom stereocenters. The molecule has 1 fully saturated rings. The van der Waals surface area contributed by atoms with Crippen molar-refractivity contribution in [1.82, 2.24) is 24.6 Å². The number of nitrogens with zero attached hydrogens (tertiary/aromatic N) is 5. The molecule has 0 aromatic carbocycles. The Bertz CT molecular complexity index is 1040. The Kier molecular flexibility index (Phi) is 5.46. The van der Waals surface area contributed by atoms with Crippen LogP contribution in [0.5, 0.6) is 6.01 Å². The van der Waals surface area contributed by atoms with Crippen LogP contribution in [0.1, 0.15) is 29.0 Å². The topological polar surface area (TPSA) is 73.1 Å². The monoisotopic (exact) mass is 437 g/mol. The average Bonchev–Trinajstić information content (AvgIpc) is 3.37. The highest BCUT2D eigenvalue weighted by atomic mass is 32.1. The van der Waals surface area contributed by atoms with Crippen molar-refractivity contribution >= 4 is 17.2 Å². The maximum atomic E-state index is 13.0. The van der Waals surface area contributed by atoms with Crippen molar-refractivity contribution in [2.45, 2.75) is 25.1 Å². The van der Waals surface area contributed by atoms with E-state index >= 15 is 0 Å². The summed E-state index contributed by atoms with van der Waals surface area (Å²) in [5.74, 6) is -0.203. The van der Waals surface area contributed by atoms with Gasteiger partial charge in [-0.05, 0) is 36.4 Å². The van der Waals surface area contributed by atoms with E-state index < -0.39 is 18.0 Å². The molecule has 0 spiro atoms. The molecule has 11 heteroatoms. The molecule has 1 unspecified atom stereocenters. The largest absolute Gasteiger partial charge is 0.458 e. The molecule has 1 saturated heterocycles. The van der Waals surface area contributed by atoms with Gasteiger partial charge in [0, 0.05) is 19.8 Å². The summed E-state index contributed by atoms with van der Waals surface area (Å²) in [4.78, 5) is 22.8. The van der Waals surface area contributed by atoms with Gasteiger partial charge in [-0.1, -0.05) is 6.07 Å². The van der Waals surface area contributed by atoms with Crippen LogP contribution in [0.2, 0.25) is 0 Å². The molecular formula is C19H18F3N5O2S. The molecule has 0 saturated carbocycles. The maximum Gasteiger partial charge on any atom is 0.433 e. The number of amides is 1. The van der Waals surface area contributed by atoms with Crippen molar-refractivity contribution in [2.75, 3.05) is 13.1 Å². The van der Waals surface area contributed by atoms with Crippen molar-refractivity contribution in [2.24, 2.45) is 7.05 Å². The summed E-state index contributed by atoms with van der Waals surface area (Å²) in [5, 5.41) is 6.35. The maximum absolute atomic E-state index is 13.0. The predicted molar refractivity (Wildman–Crippen MR) is 103 cm³/mol. The van der Waals surface area contributed by atoms with Gasteiger partial charge in [0.2, 0.25) is 0 Å². The second kappa shape index (κ2) is 8.05. The Hall–Kier alpha value is -2.95. The molecular weight excluding hydrogens is 419 g/mol. The van der Waals surface area contributed by atoms with Gasteiger partial charge in [-0.25, -0.2) is 4.98 Å². The normalized spacial score (nSPS) is 17.2. The first kappa shape index (κ1) is 20.3. The number of aromatic nitrogens is 4. The van der Waals surface area contributed by atoms with Crippen LogP contribution >= 0.6 is 11.3 Å². The van der Waals surface area contributed by atoms with Gasteiger partial charge in [-0.3, -0.25) is 9.48 Å². The number of thiophene rings is 1. The Morgan fingerprint density at radius 1 is 1.33 bits per heavy atom. The van der Waals surface area contributed by atoms with E-state index in [-0.39, 0.29) is 18.5 Å². The lowest BCUT2D eigenvalue weighted by Gasteiger charge is -2.32. The molecule has 4 rings (SSSR count). The Morgan fingerprint density at radius 3 is 2.90 bits per heavy atom. The number of carbonyl (C=O) groups is 1. The lowest BCUT2D eigenvalue weighted by molar-refractivity contribution is -0.141. The van der Waals surface area contributed by atoms with Gasteiger partial charge in [-0.2, -0.15) is 23.3 Å². The summed E-state index contributed by atoms with van der Waals surface area (Å²) in [5.41, 5.74) is 0.0969. The first-order valence-electron chi connectivity index (χ1n) is 9.25. The van der Waals surface area contributed by atoms with Crippen LogP contribution < -0.4 is 4.74 Å². The van der Waals surface area contributed by atoms with Crippen LogP contribution in [-0.2, 0) is 13.2 Å². The summed E-state index contributed by atoms with van der Waals surface area (Å²) in [6.07, 6.45) is -2.80. The second-order valence-electron chi connectivity index (χ2n) is 6.87. The number of hydrogen-bond donors (Lipinski definition) is 0. The third kappa shape index (κ3) is 4.30. The van der Waals surface area contributed by atoms with E-state index in [1.807, 2.05) is 17.5 Å². The number of alkyl halides is 3. The molecule has 0 aliphatic carbocycles. The summed E-state index contributed by atoms with van der Waals surface area (Å²) in [6, 6.07) is 6.04. The molecule has 30 heavy (non-hydrogen) atoms. The van der Waals surface area contributed by atoms with E-state index in [0.29, 0.717) is 25.1 Å². The smallest absolute Gasteiger partial charge is 0.433 e. The fourth-order valence-corrected chi connectivity index (χ4v) is 3.98. The number of halogens is 3. The van der Waals surface area contributed by atoms with Crippen LogP contribution in [0, 0.1) is 0 Å². The van der Waals surface area contributed by atoms with Gasteiger partial charge in [0.05, 0.1) is 11.4 Å². The first-order chi connectivity index (χ1) is 14.3. The Morgan fingerprint density at radius 2 is 2.17 bits per heavy atom. The van der Waals surface area contributed by atoms with Gasteiger partial charge < -0.3 is 9.64 Å². The lowest BCUT2D eigenvalue weighted by atomic mass is 10.1. The minimum absolute atomic E-state index is 0.203. The summed E-state index contributed by atoms with van der Waals surface area (Å²) < 4.78 is 45.6. The van der Waals surface area contributed by atoms with E-state index in [1.165, 1.54) is 16.0 Å². The van der Waals surface area contributed by atoms with Crippen LogP contribution in [0.25, 0.3) is 10.6 Å². The number of piperidine rings is 1. The summed E-state index contributed by atoms with van der Waals surface area (Å²) in [7, 11) is 1.71. The van der Waals surface area contributed by atoms with Crippen LogP contribution in [-0.4, -0.2) is 49.7 Å². The van der Waals surface area contributed by atoms with E-state index in [4.69, 9.17) is 4.74 Å². The van der Waals surface area contributed by atoms with Crippen molar-refractivity contribution < 1.29 is 22.7 Å². The quantitative estimate of drug-likeness (QED) is 0.623. The van der Waals surface area contributed by atoms with Crippen LogP contribution in [0.15, 0.2) is 35.8 Å². The zero-order valence-electron chi connectivity index (χ0n) is 16.0. The fraction of sp³-hybridized carbons (Fsp3) is 0.368. The Balaban J connectivity index is 1.46. The molecule has 0 radical (unpaired) electrons. The summed E-state index contributed by atoms with van der Waals surface area (Å²) in [6.45, 7) is 0.764. The van der Waals surface area contributed by atoms with E-state index in [0.717, 1.165) is 22.8 Å². The third-order valence-electron chi connectivity index (χ3n) is 4.73. The lowest BCUT2D eigenvalue weighted by Crippen LogP contribution is -2.45. The molecule has 1 aliphatic rings. The zero-order valence-corrected chi connectivity index (χ0v) is 16.8. The summed E-state index contributed by atoms with van der Waals surface area (Å²) >= 11 is 1.54. The van der Waals surface area contributed by atoms with E-state index in [1.54, 1.807) is 18.0 Å². The minimum atomic E-state index is -4.57. The van der Waals surface area contributed by atoms with Gasteiger partial charge in [0.15, 0.2) is 5.69 Å².